The van der Waals surface area contributed by atoms with Gasteiger partial charge in [0, 0.05) is 52.4 Å². The van der Waals surface area contributed by atoms with E-state index in [9.17, 15) is 39.6 Å². The minimum Gasteiger partial charge on any atom is -0.493 e. The fourth-order valence-corrected chi connectivity index (χ4v) is 17.1. The molecule has 6 aromatic carbocycles. The average Bonchev–Trinajstić information content (AvgIpc) is 0.788. The standard InChI is InChI=1S/C104H141FO14/c1-12-17-20-26-76-34-38-81(39-35-76)82-42-44-84(45-43-82)85-46-49-94(79(15-4)61-85)92-65-90(29-23-56-117-101(111)73(8)9)99(115-60-54-104(70-108,71-109)53-19-14-3)91(66-92)31-25-58-119-103(113)75(11)33-32-74(10)102(112)118-57-24-30-89-64-93(63-88(28-22-55-116-100(110)72(6)7)98(89)114-59-52-78(68-106)69-107)95-50-48-87(62-80(95)16-5)96-51-47-86(67-97(96)105)83-40-36-77(37-41-83)27-21-18-13-2/h32,42-51,61-67,76-78,81,83,106-109H,6,8,11-31,33-41,52-60,68-71H2,1-5,7,9-10H3/b74-32-. The maximum Gasteiger partial charge on any atom is 0.333 e. The Bertz CT molecular complexity index is 4260. The van der Waals surface area contributed by atoms with E-state index in [2.05, 4.69) is 139 Å². The Labute approximate surface area is 711 Å². The van der Waals surface area contributed by atoms with E-state index in [1.807, 2.05) is 12.1 Å². The molecule has 6 aromatic rings. The number of carbonyl (C=O) groups excluding carboxylic acids is 4. The molecule has 0 unspecified atom stereocenters. The van der Waals surface area contributed by atoms with Crippen LogP contribution in [0.5, 0.6) is 11.5 Å². The van der Waals surface area contributed by atoms with Crippen molar-refractivity contribution in [2.75, 3.05) is 66.1 Å². The molecule has 0 saturated heterocycles. The summed E-state index contributed by atoms with van der Waals surface area (Å²) in [6, 6.07) is 36.4. The molecular formula is C104H141FO14. The Balaban J connectivity index is 0.962. The van der Waals surface area contributed by atoms with Crippen molar-refractivity contribution >= 4 is 23.9 Å². The summed E-state index contributed by atoms with van der Waals surface area (Å²) in [6.07, 6.45) is 30.0. The van der Waals surface area contributed by atoms with Crippen LogP contribution >= 0.6 is 0 Å². The molecule has 119 heavy (non-hydrogen) atoms. The normalized spacial score (nSPS) is 15.7. The summed E-state index contributed by atoms with van der Waals surface area (Å²) in [4.78, 5) is 52.6. The number of rotatable bonds is 53. The van der Waals surface area contributed by atoms with Crippen molar-refractivity contribution < 1.29 is 72.4 Å². The highest BCUT2D eigenvalue weighted by Crippen LogP contribution is 2.44. The average molecular weight is 1630 g/mol. The lowest BCUT2D eigenvalue weighted by Crippen LogP contribution is -2.32. The van der Waals surface area contributed by atoms with Crippen LogP contribution in [0.4, 0.5) is 4.39 Å². The van der Waals surface area contributed by atoms with Gasteiger partial charge in [0.2, 0.25) is 0 Å². The number of aliphatic hydroxyl groups is 4. The second kappa shape index (κ2) is 50.7. The molecule has 0 spiro atoms. The maximum atomic E-state index is 16.4. The highest BCUT2D eigenvalue weighted by Gasteiger charge is 2.30. The van der Waals surface area contributed by atoms with Crippen LogP contribution in [0.15, 0.2) is 151 Å². The van der Waals surface area contributed by atoms with Gasteiger partial charge in [0.15, 0.2) is 0 Å². The molecule has 648 valence electrons. The summed E-state index contributed by atoms with van der Waals surface area (Å²) in [5.74, 6) is 1.18. The second-order valence-electron chi connectivity index (χ2n) is 34.1. The molecule has 0 heterocycles. The lowest BCUT2D eigenvalue weighted by molar-refractivity contribution is -0.140. The topological polar surface area (TPSA) is 205 Å². The minimum atomic E-state index is -0.727. The van der Waals surface area contributed by atoms with Crippen LogP contribution in [0.1, 0.15) is 279 Å². The number of esters is 4. The van der Waals surface area contributed by atoms with E-state index in [4.69, 9.17) is 28.4 Å². The predicted molar refractivity (Wildman–Crippen MR) is 479 cm³/mol. The number of hydrogen-bond acceptors (Lipinski definition) is 14. The van der Waals surface area contributed by atoms with Gasteiger partial charge in [-0.2, -0.15) is 0 Å². The number of aryl methyl sites for hydroxylation is 6. The number of carbonyl (C=O) groups is 4. The van der Waals surface area contributed by atoms with Gasteiger partial charge in [0.05, 0.1) is 52.9 Å². The second-order valence-corrected chi connectivity index (χ2v) is 34.1. The van der Waals surface area contributed by atoms with Crippen LogP contribution < -0.4 is 9.47 Å². The summed E-state index contributed by atoms with van der Waals surface area (Å²) >= 11 is 0. The van der Waals surface area contributed by atoms with E-state index in [1.165, 1.54) is 107 Å². The minimum absolute atomic E-state index is 0.0361. The van der Waals surface area contributed by atoms with Crippen molar-refractivity contribution in [3.8, 4) is 56.0 Å². The summed E-state index contributed by atoms with van der Waals surface area (Å²) < 4.78 is 52.8. The predicted octanol–water partition coefficient (Wildman–Crippen LogP) is 23.3. The summed E-state index contributed by atoms with van der Waals surface area (Å²) in [5, 5.41) is 41.3. The zero-order valence-electron chi connectivity index (χ0n) is 73.3. The highest BCUT2D eigenvalue weighted by atomic mass is 19.1. The van der Waals surface area contributed by atoms with Crippen LogP contribution in [0.2, 0.25) is 0 Å². The third kappa shape index (κ3) is 29.4. The van der Waals surface area contributed by atoms with E-state index in [-0.39, 0.29) is 95.4 Å². The molecule has 0 atom stereocenters. The Morgan fingerprint density at radius 1 is 0.437 bits per heavy atom. The Hall–Kier alpha value is -8.47. The molecule has 2 fully saturated rings. The number of halogens is 1. The van der Waals surface area contributed by atoms with Crippen molar-refractivity contribution in [2.24, 2.45) is 23.2 Å². The summed E-state index contributed by atoms with van der Waals surface area (Å²) in [7, 11) is 0. The number of unbranched alkanes of at least 4 members (excludes halogenated alkanes) is 5. The van der Waals surface area contributed by atoms with E-state index >= 15 is 4.39 Å². The van der Waals surface area contributed by atoms with Gasteiger partial charge < -0.3 is 48.8 Å². The van der Waals surface area contributed by atoms with E-state index in [1.54, 1.807) is 32.9 Å². The van der Waals surface area contributed by atoms with Crippen LogP contribution in [0.25, 0.3) is 44.5 Å². The van der Waals surface area contributed by atoms with Gasteiger partial charge in [0.25, 0.3) is 0 Å². The number of ether oxygens (including phenoxy) is 6. The van der Waals surface area contributed by atoms with Crippen molar-refractivity contribution in [3.63, 3.8) is 0 Å². The Kier molecular flexibility index (Phi) is 40.9. The lowest BCUT2D eigenvalue weighted by atomic mass is 9.77. The van der Waals surface area contributed by atoms with Crippen molar-refractivity contribution in [2.45, 2.75) is 273 Å². The SMILES string of the molecule is C=C(C)C(=O)OCCCc1cc(-c2ccc(-c3ccc(C4CCC(CCCCC)CC4)cc3F)cc2CC)cc(CCCOC(=O)/C(C)=C\CC(=C)C(=O)OCCCc2cc(-c3ccc(-c4ccc(C5CCC(CCCCC)CC5)cc4)cc3CC)cc(CCCOC(=O)C(=C)C)c2OCCC(CO)(CO)CCCC)c1OCCC(CO)CO. The third-order valence-electron chi connectivity index (χ3n) is 24.9. The van der Waals surface area contributed by atoms with Crippen molar-refractivity contribution in [3.05, 3.63) is 202 Å². The third-order valence-corrected chi connectivity index (χ3v) is 24.9. The van der Waals surface area contributed by atoms with E-state index in [0.717, 1.165) is 111 Å². The Morgan fingerprint density at radius 3 is 1.29 bits per heavy atom. The van der Waals surface area contributed by atoms with Crippen LogP contribution in [-0.2, 0) is 76.7 Å². The molecule has 0 radical (unpaired) electrons. The monoisotopic (exact) mass is 1630 g/mol. The number of aliphatic hydroxyl groups excluding tert-OH is 4. The molecule has 14 nitrogen and oxygen atoms in total. The first-order valence-electron chi connectivity index (χ1n) is 45.1. The van der Waals surface area contributed by atoms with Gasteiger partial charge in [-0.1, -0.05) is 197 Å². The molecule has 2 saturated carbocycles. The molecule has 2 aliphatic carbocycles. The van der Waals surface area contributed by atoms with Crippen LogP contribution in [0, 0.1) is 29.0 Å². The Morgan fingerprint density at radius 2 is 0.849 bits per heavy atom. The summed E-state index contributed by atoms with van der Waals surface area (Å²) in [6.45, 7) is 27.4. The van der Waals surface area contributed by atoms with Gasteiger partial charge >= 0.3 is 23.9 Å². The molecule has 4 N–H and O–H groups in total. The number of allylic oxidation sites excluding steroid dienone is 1. The molecule has 0 amide bonds. The van der Waals surface area contributed by atoms with E-state index in [0.29, 0.717) is 117 Å². The van der Waals surface area contributed by atoms with Gasteiger partial charge in [-0.25, -0.2) is 23.6 Å². The van der Waals surface area contributed by atoms with E-state index < -0.39 is 29.3 Å². The van der Waals surface area contributed by atoms with Gasteiger partial charge in [-0.3, -0.25) is 0 Å². The number of hydrogen-bond donors (Lipinski definition) is 4. The fraction of sp³-hybridized carbons (Fsp3) is 0.538. The van der Waals surface area contributed by atoms with Crippen LogP contribution in [-0.4, -0.2) is 110 Å². The summed E-state index contributed by atoms with van der Waals surface area (Å²) in [5.41, 5.74) is 16.2. The molecular weight excluding hydrogens is 1490 g/mol. The first-order valence-corrected chi connectivity index (χ1v) is 45.1. The first-order chi connectivity index (χ1) is 57.6. The van der Waals surface area contributed by atoms with Crippen molar-refractivity contribution in [1.29, 1.82) is 0 Å². The van der Waals surface area contributed by atoms with Crippen LogP contribution in [0.3, 0.4) is 0 Å². The lowest BCUT2D eigenvalue weighted by Gasteiger charge is -2.30. The van der Waals surface area contributed by atoms with Gasteiger partial charge in [-0.15, -0.1) is 0 Å². The quantitative estimate of drug-likeness (QED) is 0.0121. The molecule has 0 aliphatic heterocycles. The van der Waals surface area contributed by atoms with Gasteiger partial charge in [-0.05, 0) is 299 Å². The fourth-order valence-electron chi connectivity index (χ4n) is 17.1. The molecule has 2 aliphatic rings. The zero-order chi connectivity index (χ0) is 85.6. The van der Waals surface area contributed by atoms with Gasteiger partial charge in [0.1, 0.15) is 17.3 Å². The first kappa shape index (κ1) is 96.0. The largest absolute Gasteiger partial charge is 0.493 e. The molecule has 0 bridgehead atoms. The molecule has 15 heteroatoms. The zero-order valence-corrected chi connectivity index (χ0v) is 73.3. The van der Waals surface area contributed by atoms with Crippen molar-refractivity contribution in [1.82, 2.24) is 0 Å². The maximum absolute atomic E-state index is 16.4. The molecule has 8 rings (SSSR count). The highest BCUT2D eigenvalue weighted by molar-refractivity contribution is 5.90. The number of benzene rings is 6. The smallest absolute Gasteiger partial charge is 0.333 e. The molecule has 0 aromatic heterocycles.